The molecule has 4 heterocycles. The van der Waals surface area contributed by atoms with Crippen LogP contribution in [0.5, 0.6) is 0 Å². The highest BCUT2D eigenvalue weighted by Crippen LogP contribution is 2.38. The summed E-state index contributed by atoms with van der Waals surface area (Å²) in [5, 5.41) is 84.9. The molecule has 2 aliphatic rings. The number of aliphatic hydroxyl groups excluding tert-OH is 6. The van der Waals surface area contributed by atoms with Gasteiger partial charge in [-0.15, -0.1) is 10.2 Å². The topological polar surface area (TPSA) is 397 Å². The Labute approximate surface area is 419 Å². The Kier molecular flexibility index (Phi) is 29.9. The molecule has 2 aliphatic heterocycles. The molecule has 0 spiro atoms. The third-order valence-corrected chi connectivity index (χ3v) is 13.6. The van der Waals surface area contributed by atoms with Gasteiger partial charge in [0.05, 0.1) is 24.5 Å². The van der Waals surface area contributed by atoms with Gasteiger partial charge in [-0.25, -0.2) is 9.36 Å². The molecule has 0 saturated carbocycles. The van der Waals surface area contributed by atoms with Gasteiger partial charge in [-0.05, 0) is 111 Å². The Morgan fingerprint density at radius 2 is 0.750 bits per heavy atom. The zero-order valence-corrected chi connectivity index (χ0v) is 42.8. The van der Waals surface area contributed by atoms with Crippen LogP contribution in [0, 0.1) is 0 Å². The Bertz CT molecular complexity index is 1690. The number of unbranched alkanes of at least 4 members (excludes halogenated alkanes) is 5. The van der Waals surface area contributed by atoms with E-state index >= 15 is 0 Å². The number of hydrogen-bond acceptors (Lipinski definition) is 22. The van der Waals surface area contributed by atoms with Gasteiger partial charge in [-0.1, -0.05) is 0 Å². The molecule has 2 saturated heterocycles. The van der Waals surface area contributed by atoms with E-state index in [4.69, 9.17) is 57.5 Å². The molecule has 10 N–H and O–H groups in total. The van der Waals surface area contributed by atoms with Gasteiger partial charge in [0.1, 0.15) is 36.6 Å². The van der Waals surface area contributed by atoms with Gasteiger partial charge >= 0.3 is 15.2 Å². The second kappa shape index (κ2) is 34.5. The second-order valence-corrected chi connectivity index (χ2v) is 21.5. The van der Waals surface area contributed by atoms with Crippen molar-refractivity contribution in [2.24, 2.45) is 0 Å². The number of aromatic nitrogens is 8. The number of aryl methyl sites for hydroxylation is 4. The van der Waals surface area contributed by atoms with Crippen molar-refractivity contribution < 1.29 is 97.2 Å². The monoisotopic (exact) mass is 1080 g/mol. The number of aliphatic hydroxyl groups is 6. The van der Waals surface area contributed by atoms with Crippen LogP contribution < -0.4 is 0 Å². The van der Waals surface area contributed by atoms with Crippen molar-refractivity contribution >= 4 is 15.2 Å². The standard InChI is InChI=1S/C42H80N8O20P2/c51-35-31(15-29-71(57,58)59)69-41(39(55)37(35)53)67-27-3-1-17-49-33(43-45-47-49)13-11-25-65-23-9-7-21-63-19-5-6-20-64-22-8-10-24-66-26-12-14-34-44-46-48-50(34)18-2-4-28-68-42-40(56)38(54)36(52)32(70-42)16-30-72(60,61)62/h31-32,35-42,51-56H,1-30H2,(H2,57,58,59)(H2,60,61,62)/t31-,32-,35-,36-,37+,38+,39+,40+,41+,42+/m1/s1. The fraction of sp³-hybridized carbons (Fsp3) is 0.952. The summed E-state index contributed by atoms with van der Waals surface area (Å²) in [5.41, 5.74) is 0. The minimum atomic E-state index is -4.34. The van der Waals surface area contributed by atoms with Crippen molar-refractivity contribution in [2.45, 2.75) is 177 Å². The van der Waals surface area contributed by atoms with Crippen LogP contribution in [0.4, 0.5) is 0 Å². The fourth-order valence-electron chi connectivity index (χ4n) is 7.75. The van der Waals surface area contributed by atoms with Crippen LogP contribution in [-0.2, 0) is 73.0 Å². The predicted molar refractivity (Wildman–Crippen MR) is 250 cm³/mol. The average Bonchev–Trinajstić information content (AvgIpc) is 4.00. The lowest BCUT2D eigenvalue weighted by molar-refractivity contribution is -0.297. The minimum absolute atomic E-state index is 0.168. The molecule has 2 fully saturated rings. The summed E-state index contributed by atoms with van der Waals surface area (Å²) < 4.78 is 71.1. The van der Waals surface area contributed by atoms with Gasteiger partial charge in [0.25, 0.3) is 0 Å². The third kappa shape index (κ3) is 24.7. The Morgan fingerprint density at radius 3 is 1.08 bits per heavy atom. The van der Waals surface area contributed by atoms with Crippen molar-refractivity contribution in [1.82, 2.24) is 40.4 Å². The van der Waals surface area contributed by atoms with Crippen molar-refractivity contribution in [3.8, 4) is 0 Å². The van der Waals surface area contributed by atoms with Crippen LogP contribution in [0.25, 0.3) is 0 Å². The summed E-state index contributed by atoms with van der Waals surface area (Å²) in [6.07, 6.45) is -4.68. The lowest BCUT2D eigenvalue weighted by Gasteiger charge is -2.40. The summed E-state index contributed by atoms with van der Waals surface area (Å²) in [6.45, 7) is 6.59. The number of hydrogen-bond donors (Lipinski definition) is 10. The van der Waals surface area contributed by atoms with Gasteiger partial charge < -0.3 is 88.1 Å². The highest BCUT2D eigenvalue weighted by Gasteiger charge is 2.45. The molecule has 10 atom stereocenters. The number of nitrogens with zero attached hydrogens (tertiary/aromatic N) is 8. The maximum atomic E-state index is 11.2. The van der Waals surface area contributed by atoms with E-state index in [0.717, 1.165) is 63.0 Å². The van der Waals surface area contributed by atoms with Crippen molar-refractivity contribution in [3.63, 3.8) is 0 Å². The van der Waals surface area contributed by atoms with E-state index in [1.54, 1.807) is 9.36 Å². The predicted octanol–water partition coefficient (Wildman–Crippen LogP) is -1.02. The molecule has 2 aromatic heterocycles. The van der Waals surface area contributed by atoms with E-state index in [1.807, 2.05) is 0 Å². The van der Waals surface area contributed by atoms with Crippen LogP contribution in [0.3, 0.4) is 0 Å². The first-order valence-corrected chi connectivity index (χ1v) is 28.7. The lowest BCUT2D eigenvalue weighted by atomic mass is 9.97. The Balaban J connectivity index is 0.871. The first-order valence-electron chi connectivity index (χ1n) is 25.1. The largest absolute Gasteiger partial charge is 0.388 e. The van der Waals surface area contributed by atoms with E-state index in [9.17, 15) is 39.8 Å². The molecule has 0 amide bonds. The van der Waals surface area contributed by atoms with Gasteiger partial charge in [-0.2, -0.15) is 0 Å². The first-order chi connectivity index (χ1) is 34.5. The van der Waals surface area contributed by atoms with Gasteiger partial charge in [0.15, 0.2) is 24.2 Å². The van der Waals surface area contributed by atoms with Gasteiger partial charge in [0.2, 0.25) is 0 Å². The molecule has 0 bridgehead atoms. The molecular weight excluding hydrogens is 998 g/mol. The molecule has 28 nitrogen and oxygen atoms in total. The second-order valence-electron chi connectivity index (χ2n) is 18.0. The van der Waals surface area contributed by atoms with Crippen molar-refractivity contribution in [2.75, 3.05) is 78.4 Å². The molecule has 0 unspecified atom stereocenters. The van der Waals surface area contributed by atoms with Crippen LogP contribution in [0.1, 0.15) is 102 Å². The molecule has 2 aromatic rings. The summed E-state index contributed by atoms with van der Waals surface area (Å²) in [6, 6.07) is 0. The SMILES string of the molecule is O=P(O)(O)CC[C@H]1O[C@H](OCCCCn2nnnc2CCCOCCCCOCCCCOCCCCOCCCc2nnnn2CCCCO[C@H]2O[C@H](CCP(=O)(O)O)[C@@H](O)[C@H](O)[C@@H]2O)[C@@H](O)[C@@H](O)[C@@H]1O. The Morgan fingerprint density at radius 1 is 0.431 bits per heavy atom. The number of ether oxygens (including phenoxy) is 8. The molecule has 418 valence electrons. The Hall–Kier alpha value is -2.12. The average molecular weight is 1080 g/mol. The van der Waals surface area contributed by atoms with E-state index in [-0.39, 0.29) is 26.1 Å². The van der Waals surface area contributed by atoms with E-state index in [1.165, 1.54) is 0 Å². The highest BCUT2D eigenvalue weighted by atomic mass is 31.2. The number of rotatable bonds is 41. The summed E-state index contributed by atoms with van der Waals surface area (Å²) in [4.78, 5) is 36.5. The lowest BCUT2D eigenvalue weighted by Crippen LogP contribution is -2.58. The van der Waals surface area contributed by atoms with E-state index in [0.29, 0.717) is 104 Å². The molecule has 0 aromatic carbocycles. The molecular formula is C42H80N8O20P2. The summed E-state index contributed by atoms with van der Waals surface area (Å²) in [7, 11) is -8.67. The first kappa shape index (κ1) is 62.4. The van der Waals surface area contributed by atoms with Crippen LogP contribution in [0.2, 0.25) is 0 Å². The number of tetrazole rings is 2. The highest BCUT2D eigenvalue weighted by molar-refractivity contribution is 7.52. The maximum absolute atomic E-state index is 11.2. The summed E-state index contributed by atoms with van der Waals surface area (Å²) in [5.74, 6) is 1.48. The zero-order chi connectivity index (χ0) is 52.2. The quantitative estimate of drug-likeness (QED) is 0.0281. The summed E-state index contributed by atoms with van der Waals surface area (Å²) >= 11 is 0. The normalized spacial score (nSPS) is 25.1. The molecule has 72 heavy (non-hydrogen) atoms. The van der Waals surface area contributed by atoms with Crippen molar-refractivity contribution in [1.29, 1.82) is 0 Å². The molecule has 0 aliphatic carbocycles. The minimum Gasteiger partial charge on any atom is -0.388 e. The van der Waals surface area contributed by atoms with Gasteiger partial charge in [-0.3, -0.25) is 9.13 Å². The van der Waals surface area contributed by atoms with E-state index in [2.05, 4.69) is 31.1 Å². The van der Waals surface area contributed by atoms with Crippen LogP contribution in [0.15, 0.2) is 0 Å². The zero-order valence-electron chi connectivity index (χ0n) is 41.0. The smallest absolute Gasteiger partial charge is 0.325 e. The molecule has 4 rings (SSSR count). The van der Waals surface area contributed by atoms with Crippen LogP contribution >= 0.6 is 15.2 Å². The van der Waals surface area contributed by atoms with E-state index < -0.39 is 88.9 Å². The van der Waals surface area contributed by atoms with Crippen LogP contribution in [-0.4, -0.2) is 230 Å². The van der Waals surface area contributed by atoms with Gasteiger partial charge in [0, 0.05) is 92.0 Å². The molecule has 30 heteroatoms. The maximum Gasteiger partial charge on any atom is 0.325 e. The fourth-order valence-corrected chi connectivity index (χ4v) is 8.93. The van der Waals surface area contributed by atoms with Crippen molar-refractivity contribution in [3.05, 3.63) is 11.6 Å². The third-order valence-electron chi connectivity index (χ3n) is 11.9. The molecule has 0 radical (unpaired) electrons.